The van der Waals surface area contributed by atoms with E-state index in [1.165, 1.54) is 17.0 Å². The van der Waals surface area contributed by atoms with Crippen LogP contribution in [0.4, 0.5) is 4.79 Å². The van der Waals surface area contributed by atoms with E-state index in [0.717, 1.165) is 5.56 Å². The molecule has 2 aromatic carbocycles. The number of ether oxygens (including phenoxy) is 1. The molecule has 2 rings (SSSR count). The van der Waals surface area contributed by atoms with Crippen molar-refractivity contribution in [2.45, 2.75) is 51.9 Å². The van der Waals surface area contributed by atoms with Crippen molar-refractivity contribution in [2.24, 2.45) is 0 Å². The summed E-state index contributed by atoms with van der Waals surface area (Å²) >= 11 is 4.25. The van der Waals surface area contributed by atoms with E-state index in [-0.39, 0.29) is 24.6 Å². The SMILES string of the molecule is C=CCN(C(=O)C(CS)NC(=O)OC(C)(C)C)C(C(=O)NCc1ccccc1)c1ccc(O)c(C)c1. The first-order chi connectivity index (χ1) is 17.0. The Hall–Kier alpha value is -3.46. The monoisotopic (exact) mass is 513 g/mol. The van der Waals surface area contributed by atoms with Crippen LogP contribution in [-0.4, -0.2) is 51.9 Å². The molecule has 2 unspecified atom stereocenters. The van der Waals surface area contributed by atoms with Gasteiger partial charge in [0.2, 0.25) is 11.8 Å². The molecule has 36 heavy (non-hydrogen) atoms. The van der Waals surface area contributed by atoms with Crippen molar-refractivity contribution in [2.75, 3.05) is 12.3 Å². The molecule has 2 aromatic rings. The molecule has 3 amide bonds. The van der Waals surface area contributed by atoms with Gasteiger partial charge in [0.25, 0.3) is 0 Å². The summed E-state index contributed by atoms with van der Waals surface area (Å²) in [5.74, 6) is -0.891. The van der Waals surface area contributed by atoms with E-state index >= 15 is 0 Å². The minimum Gasteiger partial charge on any atom is -0.508 e. The number of benzene rings is 2. The van der Waals surface area contributed by atoms with Gasteiger partial charge in [0.15, 0.2) is 0 Å². The molecule has 0 aliphatic carbocycles. The molecule has 0 bridgehead atoms. The number of amides is 3. The van der Waals surface area contributed by atoms with Gasteiger partial charge in [-0.3, -0.25) is 9.59 Å². The van der Waals surface area contributed by atoms with Gasteiger partial charge < -0.3 is 25.4 Å². The molecule has 0 fully saturated rings. The van der Waals surface area contributed by atoms with Crippen molar-refractivity contribution >= 4 is 30.5 Å². The Bertz CT molecular complexity index is 1070. The number of phenols is 1. The summed E-state index contributed by atoms with van der Waals surface area (Å²) in [7, 11) is 0. The highest BCUT2D eigenvalue weighted by Gasteiger charge is 2.35. The van der Waals surface area contributed by atoms with Crippen LogP contribution in [0.2, 0.25) is 0 Å². The van der Waals surface area contributed by atoms with Crippen LogP contribution in [0, 0.1) is 6.92 Å². The van der Waals surface area contributed by atoms with Gasteiger partial charge in [-0.05, 0) is 56.5 Å². The standard InChI is InChI=1S/C27H35N3O5S/c1-6-14-30(25(33)21(17-36)29-26(34)35-27(3,4)5)23(20-12-13-22(31)18(2)15-20)24(32)28-16-19-10-8-7-9-11-19/h6-13,15,21,23,31,36H,1,14,16-17H2,2-5H3,(H,28,32)(H,29,34). The molecule has 9 heteroatoms. The maximum atomic E-state index is 13.6. The van der Waals surface area contributed by atoms with Gasteiger partial charge in [-0.15, -0.1) is 6.58 Å². The van der Waals surface area contributed by atoms with E-state index in [4.69, 9.17) is 4.74 Å². The molecule has 0 aromatic heterocycles. The summed E-state index contributed by atoms with van der Waals surface area (Å²) in [5, 5.41) is 15.5. The molecule has 0 radical (unpaired) electrons. The van der Waals surface area contributed by atoms with Crippen LogP contribution in [0.3, 0.4) is 0 Å². The maximum Gasteiger partial charge on any atom is 0.408 e. The number of nitrogens with zero attached hydrogens (tertiary/aromatic N) is 1. The average molecular weight is 514 g/mol. The predicted molar refractivity (Wildman–Crippen MR) is 143 cm³/mol. The summed E-state index contributed by atoms with van der Waals surface area (Å²) < 4.78 is 5.29. The molecule has 2 atom stereocenters. The van der Waals surface area contributed by atoms with Crippen LogP contribution in [0.15, 0.2) is 61.2 Å². The normalized spacial score (nSPS) is 12.7. The second-order valence-corrected chi connectivity index (χ2v) is 9.68. The molecule has 3 N–H and O–H groups in total. The Morgan fingerprint density at radius 2 is 1.83 bits per heavy atom. The quantitative estimate of drug-likeness (QED) is 0.285. The van der Waals surface area contributed by atoms with E-state index < -0.39 is 35.6 Å². The van der Waals surface area contributed by atoms with Gasteiger partial charge in [0.05, 0.1) is 0 Å². The number of alkyl carbamates (subject to hydrolysis) is 1. The lowest BCUT2D eigenvalue weighted by atomic mass is 10.00. The summed E-state index contributed by atoms with van der Waals surface area (Å²) in [6, 6.07) is 12.0. The fourth-order valence-electron chi connectivity index (χ4n) is 3.50. The van der Waals surface area contributed by atoms with E-state index in [0.29, 0.717) is 11.1 Å². The molecule has 194 valence electrons. The Balaban J connectivity index is 2.40. The molecule has 0 aliphatic rings. The molecule has 0 saturated carbocycles. The van der Waals surface area contributed by atoms with E-state index in [1.54, 1.807) is 39.8 Å². The average Bonchev–Trinajstić information content (AvgIpc) is 2.82. The summed E-state index contributed by atoms with van der Waals surface area (Å²) in [6.07, 6.45) is 0.741. The van der Waals surface area contributed by atoms with E-state index in [1.807, 2.05) is 30.3 Å². The van der Waals surface area contributed by atoms with Crippen molar-refractivity contribution in [3.8, 4) is 5.75 Å². The van der Waals surface area contributed by atoms with E-state index in [2.05, 4.69) is 29.8 Å². The maximum absolute atomic E-state index is 13.6. The highest BCUT2D eigenvalue weighted by molar-refractivity contribution is 7.80. The predicted octanol–water partition coefficient (Wildman–Crippen LogP) is 3.90. The van der Waals surface area contributed by atoms with Gasteiger partial charge in [-0.2, -0.15) is 12.6 Å². The Morgan fingerprint density at radius 3 is 2.39 bits per heavy atom. The smallest absolute Gasteiger partial charge is 0.408 e. The summed E-state index contributed by atoms with van der Waals surface area (Å²) in [5.41, 5.74) is 1.20. The largest absolute Gasteiger partial charge is 0.508 e. The second-order valence-electron chi connectivity index (χ2n) is 9.31. The first-order valence-corrected chi connectivity index (χ1v) is 12.2. The number of carbonyl (C=O) groups is 3. The highest BCUT2D eigenvalue weighted by atomic mass is 32.1. The number of hydrogen-bond donors (Lipinski definition) is 4. The van der Waals surface area contributed by atoms with E-state index in [9.17, 15) is 19.5 Å². The second kappa shape index (κ2) is 13.0. The highest BCUT2D eigenvalue weighted by Crippen LogP contribution is 2.27. The summed E-state index contributed by atoms with van der Waals surface area (Å²) in [6.45, 7) is 10.9. The van der Waals surface area contributed by atoms with Gasteiger partial charge in [0.1, 0.15) is 23.4 Å². The van der Waals surface area contributed by atoms with Crippen LogP contribution in [0.25, 0.3) is 0 Å². The number of nitrogens with one attached hydrogen (secondary N) is 2. The van der Waals surface area contributed by atoms with Crippen LogP contribution in [0.1, 0.15) is 43.5 Å². The molecule has 0 saturated heterocycles. The van der Waals surface area contributed by atoms with Crippen molar-refractivity contribution in [1.29, 1.82) is 0 Å². The number of phenolic OH excluding ortho intramolecular Hbond substituents is 1. The molecule has 0 aliphatic heterocycles. The minimum atomic E-state index is -1.05. The third-order valence-electron chi connectivity index (χ3n) is 5.19. The number of aryl methyl sites for hydroxylation is 1. The van der Waals surface area contributed by atoms with Gasteiger partial charge in [0, 0.05) is 18.8 Å². The number of aromatic hydroxyl groups is 1. The fourth-order valence-corrected chi connectivity index (χ4v) is 3.75. The lowest BCUT2D eigenvalue weighted by Gasteiger charge is -2.33. The topological polar surface area (TPSA) is 108 Å². The Labute approximate surface area is 218 Å². The molecular weight excluding hydrogens is 478 g/mol. The third kappa shape index (κ3) is 8.34. The van der Waals surface area contributed by atoms with Crippen LogP contribution in [0.5, 0.6) is 5.75 Å². The zero-order valence-electron chi connectivity index (χ0n) is 21.2. The first-order valence-electron chi connectivity index (χ1n) is 11.6. The van der Waals surface area contributed by atoms with Gasteiger partial charge >= 0.3 is 6.09 Å². The van der Waals surface area contributed by atoms with Crippen molar-refractivity contribution < 1.29 is 24.2 Å². The van der Waals surface area contributed by atoms with Crippen LogP contribution >= 0.6 is 12.6 Å². The molecular formula is C27H35N3O5S. The third-order valence-corrected chi connectivity index (χ3v) is 5.55. The Morgan fingerprint density at radius 1 is 1.17 bits per heavy atom. The number of hydrogen-bond acceptors (Lipinski definition) is 6. The summed E-state index contributed by atoms with van der Waals surface area (Å²) in [4.78, 5) is 40.9. The molecule has 0 heterocycles. The number of thiol groups is 1. The molecule has 8 nitrogen and oxygen atoms in total. The zero-order valence-corrected chi connectivity index (χ0v) is 22.0. The van der Waals surface area contributed by atoms with Crippen molar-refractivity contribution in [1.82, 2.24) is 15.5 Å². The minimum absolute atomic E-state index is 0.0152. The van der Waals surface area contributed by atoms with Crippen molar-refractivity contribution in [3.05, 3.63) is 77.9 Å². The van der Waals surface area contributed by atoms with Crippen molar-refractivity contribution in [3.63, 3.8) is 0 Å². The fraction of sp³-hybridized carbons (Fsp3) is 0.370. The lowest BCUT2D eigenvalue weighted by molar-refractivity contribution is -0.141. The lowest BCUT2D eigenvalue weighted by Crippen LogP contribution is -2.53. The van der Waals surface area contributed by atoms with Crippen LogP contribution < -0.4 is 10.6 Å². The Kier molecular flexibility index (Phi) is 10.4. The van der Waals surface area contributed by atoms with Gasteiger partial charge in [-0.1, -0.05) is 42.5 Å². The molecule has 0 spiro atoms. The number of carbonyl (C=O) groups excluding carboxylic acids is 3. The number of rotatable bonds is 10. The van der Waals surface area contributed by atoms with Crippen LogP contribution in [-0.2, 0) is 20.9 Å². The first kappa shape index (κ1) is 28.8. The zero-order chi connectivity index (χ0) is 26.9. The van der Waals surface area contributed by atoms with Gasteiger partial charge in [-0.25, -0.2) is 4.79 Å².